The number of carboxylic acid groups (broad SMARTS) is 1. The molecule has 1 aliphatic rings. The predicted octanol–water partition coefficient (Wildman–Crippen LogP) is -0.309. The molecule has 1 heterocycles. The molecule has 0 radical (unpaired) electrons. The maximum Gasteiger partial charge on any atom is 0.340 e. The van der Waals surface area contributed by atoms with E-state index >= 15 is 0 Å². The molecule has 8 nitrogen and oxygen atoms in total. The average Bonchev–Trinajstić information content (AvgIpc) is 2.96. The summed E-state index contributed by atoms with van der Waals surface area (Å²) in [7, 11) is -4.06. The van der Waals surface area contributed by atoms with Gasteiger partial charge < -0.3 is 10.2 Å². The molecule has 1 aromatic heterocycles. The Labute approximate surface area is 109 Å². The second-order valence-corrected chi connectivity index (χ2v) is 6.29. The molecular weight excluding hydrogens is 274 g/mol. The number of carbonyl (C=O) groups is 1. The van der Waals surface area contributed by atoms with Gasteiger partial charge in [0.1, 0.15) is 5.56 Å². The molecule has 0 aliphatic heterocycles. The highest BCUT2D eigenvalue weighted by atomic mass is 32.2. The van der Waals surface area contributed by atoms with Crippen molar-refractivity contribution in [1.29, 1.82) is 0 Å². The van der Waals surface area contributed by atoms with E-state index in [-0.39, 0.29) is 6.61 Å². The lowest BCUT2D eigenvalue weighted by Gasteiger charge is -2.27. The first-order valence-corrected chi connectivity index (χ1v) is 7.30. The van der Waals surface area contributed by atoms with E-state index in [2.05, 4.69) is 14.9 Å². The third-order valence-electron chi connectivity index (χ3n) is 3.32. The van der Waals surface area contributed by atoms with Gasteiger partial charge in [0.25, 0.3) is 10.0 Å². The zero-order valence-corrected chi connectivity index (χ0v) is 10.9. The van der Waals surface area contributed by atoms with Crippen molar-refractivity contribution in [3.8, 4) is 0 Å². The number of rotatable bonds is 5. The number of aromatic amines is 1. The molecule has 9 heteroatoms. The fourth-order valence-electron chi connectivity index (χ4n) is 2.31. The molecule has 1 saturated carbocycles. The van der Waals surface area contributed by atoms with Crippen LogP contribution in [0.25, 0.3) is 0 Å². The highest BCUT2D eigenvalue weighted by Crippen LogP contribution is 2.31. The number of hydrogen-bond acceptors (Lipinski definition) is 5. The van der Waals surface area contributed by atoms with E-state index in [9.17, 15) is 18.3 Å². The lowest BCUT2D eigenvalue weighted by atomic mass is 10.0. The number of aliphatic hydroxyl groups excluding tert-OH is 1. The van der Waals surface area contributed by atoms with Crippen molar-refractivity contribution in [1.82, 2.24) is 14.9 Å². The Morgan fingerprint density at radius 1 is 1.47 bits per heavy atom. The minimum Gasteiger partial charge on any atom is -0.478 e. The van der Waals surface area contributed by atoms with Crippen LogP contribution in [-0.4, -0.2) is 46.9 Å². The molecule has 4 N–H and O–H groups in total. The number of hydrogen-bond donors (Lipinski definition) is 4. The van der Waals surface area contributed by atoms with Crippen LogP contribution in [0.2, 0.25) is 0 Å². The van der Waals surface area contributed by atoms with Crippen LogP contribution in [-0.2, 0) is 10.0 Å². The second kappa shape index (κ2) is 4.91. The van der Waals surface area contributed by atoms with Gasteiger partial charge in [-0.15, -0.1) is 0 Å². The van der Waals surface area contributed by atoms with Crippen molar-refractivity contribution in [3.63, 3.8) is 0 Å². The van der Waals surface area contributed by atoms with E-state index < -0.39 is 32.1 Å². The fraction of sp³-hybridized carbons (Fsp3) is 0.600. The van der Waals surface area contributed by atoms with Crippen LogP contribution in [0, 0.1) is 0 Å². The summed E-state index contributed by atoms with van der Waals surface area (Å²) in [5, 5.41) is 23.4. The fourth-order valence-corrected chi connectivity index (χ4v) is 3.85. The van der Waals surface area contributed by atoms with Gasteiger partial charge >= 0.3 is 5.97 Å². The molecule has 2 rings (SSSR count). The Hall–Kier alpha value is -1.45. The quantitative estimate of drug-likeness (QED) is 0.588. The molecule has 1 aromatic rings. The van der Waals surface area contributed by atoms with Gasteiger partial charge in [0.2, 0.25) is 0 Å². The number of aliphatic hydroxyl groups is 1. The van der Waals surface area contributed by atoms with E-state index in [1.165, 1.54) is 0 Å². The number of carboxylic acids is 1. The molecule has 19 heavy (non-hydrogen) atoms. The summed E-state index contributed by atoms with van der Waals surface area (Å²) >= 11 is 0. The van der Waals surface area contributed by atoms with Gasteiger partial charge in [0.05, 0.1) is 18.3 Å². The Bertz CT molecular complexity index is 574. The summed E-state index contributed by atoms with van der Waals surface area (Å²) in [4.78, 5) is 10.9. The van der Waals surface area contributed by atoms with Gasteiger partial charge in [-0.1, -0.05) is 12.8 Å². The molecule has 0 unspecified atom stereocenters. The predicted molar refractivity (Wildman–Crippen MR) is 64.2 cm³/mol. The molecule has 0 bridgehead atoms. The Morgan fingerprint density at radius 2 is 2.11 bits per heavy atom. The van der Waals surface area contributed by atoms with E-state index in [0.717, 1.165) is 19.0 Å². The number of aromatic nitrogens is 2. The highest BCUT2D eigenvalue weighted by molar-refractivity contribution is 7.89. The second-order valence-electron chi connectivity index (χ2n) is 4.67. The van der Waals surface area contributed by atoms with Crippen LogP contribution in [0.4, 0.5) is 0 Å². The topological polar surface area (TPSA) is 132 Å². The van der Waals surface area contributed by atoms with Crippen molar-refractivity contribution < 1.29 is 23.4 Å². The summed E-state index contributed by atoms with van der Waals surface area (Å²) in [6, 6.07) is 0. The van der Waals surface area contributed by atoms with Crippen molar-refractivity contribution in [3.05, 3.63) is 11.8 Å². The standard InChI is InChI=1S/C10H15N3O5S/c14-6-10(3-1-2-4-10)13-19(17,18)8-7(9(15)16)5-11-12-8/h5,13-14H,1-4,6H2,(H,11,12)(H,15,16). The van der Waals surface area contributed by atoms with Crippen LogP contribution in [0.15, 0.2) is 11.2 Å². The molecule has 0 spiro atoms. The van der Waals surface area contributed by atoms with Crippen LogP contribution in [0.3, 0.4) is 0 Å². The van der Waals surface area contributed by atoms with Crippen LogP contribution in [0.1, 0.15) is 36.0 Å². The molecule has 106 valence electrons. The van der Waals surface area contributed by atoms with Crippen molar-refractivity contribution in [2.24, 2.45) is 0 Å². The van der Waals surface area contributed by atoms with Crippen LogP contribution >= 0.6 is 0 Å². The zero-order chi connectivity index (χ0) is 14.1. The largest absolute Gasteiger partial charge is 0.478 e. The van der Waals surface area contributed by atoms with Gasteiger partial charge in [-0.05, 0) is 12.8 Å². The van der Waals surface area contributed by atoms with Crippen molar-refractivity contribution in [2.45, 2.75) is 36.2 Å². The smallest absolute Gasteiger partial charge is 0.340 e. The third-order valence-corrected chi connectivity index (χ3v) is 4.87. The van der Waals surface area contributed by atoms with Gasteiger partial charge in [0, 0.05) is 0 Å². The molecular formula is C10H15N3O5S. The Balaban J connectivity index is 2.32. The summed E-state index contributed by atoms with van der Waals surface area (Å²) < 4.78 is 26.8. The van der Waals surface area contributed by atoms with E-state index in [0.29, 0.717) is 12.8 Å². The summed E-state index contributed by atoms with van der Waals surface area (Å²) in [5.74, 6) is -1.38. The summed E-state index contributed by atoms with van der Waals surface area (Å²) in [6.45, 7) is -0.317. The van der Waals surface area contributed by atoms with Crippen molar-refractivity contribution >= 4 is 16.0 Å². The molecule has 0 saturated heterocycles. The maximum absolute atomic E-state index is 12.2. The Kier molecular flexibility index (Phi) is 3.61. The van der Waals surface area contributed by atoms with Crippen LogP contribution in [0.5, 0.6) is 0 Å². The SMILES string of the molecule is O=C(O)c1cn[nH]c1S(=O)(=O)NC1(CO)CCCC1. The number of sulfonamides is 1. The average molecular weight is 289 g/mol. The number of aromatic carboxylic acids is 1. The normalized spacial score (nSPS) is 18.6. The molecule has 0 aromatic carbocycles. The molecule has 0 atom stereocenters. The molecule has 1 fully saturated rings. The van der Waals surface area contributed by atoms with Gasteiger partial charge in [-0.25, -0.2) is 17.9 Å². The monoisotopic (exact) mass is 289 g/mol. The number of nitrogens with zero attached hydrogens (tertiary/aromatic N) is 1. The van der Waals surface area contributed by atoms with Crippen LogP contribution < -0.4 is 4.72 Å². The van der Waals surface area contributed by atoms with E-state index in [1.54, 1.807) is 0 Å². The first-order valence-electron chi connectivity index (χ1n) is 5.82. The number of nitrogens with one attached hydrogen (secondary N) is 2. The van der Waals surface area contributed by atoms with Gasteiger partial charge in [-0.3, -0.25) is 5.10 Å². The van der Waals surface area contributed by atoms with E-state index in [1.807, 2.05) is 0 Å². The highest BCUT2D eigenvalue weighted by Gasteiger charge is 2.39. The first kappa shape index (κ1) is 14.0. The molecule has 0 amide bonds. The zero-order valence-electron chi connectivity index (χ0n) is 10.1. The minimum absolute atomic E-state index is 0.317. The lowest BCUT2D eigenvalue weighted by Crippen LogP contribution is -2.49. The number of H-pyrrole nitrogens is 1. The minimum atomic E-state index is -4.06. The molecule has 1 aliphatic carbocycles. The van der Waals surface area contributed by atoms with Gasteiger partial charge in [-0.2, -0.15) is 5.10 Å². The summed E-state index contributed by atoms with van der Waals surface area (Å²) in [6.07, 6.45) is 3.63. The summed E-state index contributed by atoms with van der Waals surface area (Å²) in [5.41, 5.74) is -1.32. The Morgan fingerprint density at radius 3 is 2.63 bits per heavy atom. The third kappa shape index (κ3) is 2.62. The first-order chi connectivity index (χ1) is 8.90. The maximum atomic E-state index is 12.2. The van der Waals surface area contributed by atoms with Crippen molar-refractivity contribution in [2.75, 3.05) is 6.61 Å². The van der Waals surface area contributed by atoms with Gasteiger partial charge in [0.15, 0.2) is 5.03 Å². The lowest BCUT2D eigenvalue weighted by molar-refractivity contribution is 0.0692. The van der Waals surface area contributed by atoms with E-state index in [4.69, 9.17) is 5.11 Å².